The molecule has 1 heterocycles. The van der Waals surface area contributed by atoms with E-state index in [0.29, 0.717) is 0 Å². The van der Waals surface area contributed by atoms with E-state index in [-0.39, 0.29) is 0 Å². The monoisotopic (exact) mass is 154 g/mol. The zero-order valence-corrected chi connectivity index (χ0v) is 7.40. The Kier molecular flexibility index (Phi) is 1.90. The van der Waals surface area contributed by atoms with Crippen LogP contribution >= 0.6 is 0 Å². The fraction of sp³-hybridized carbons (Fsp3) is 1.00. The van der Waals surface area contributed by atoms with E-state index < -0.39 is 0 Å². The molecule has 0 aromatic rings. The van der Waals surface area contributed by atoms with Gasteiger partial charge in [-0.25, -0.2) is 0 Å². The summed E-state index contributed by atoms with van der Waals surface area (Å²) in [5.74, 6) is 0. The third-order valence-corrected chi connectivity index (χ3v) is 3.08. The van der Waals surface area contributed by atoms with Gasteiger partial charge in [-0.05, 0) is 44.7 Å². The van der Waals surface area contributed by atoms with Gasteiger partial charge in [0.15, 0.2) is 0 Å². The fourth-order valence-electron chi connectivity index (χ4n) is 2.25. The number of likely N-dealkylation sites (tertiary alicyclic amines) is 1. The van der Waals surface area contributed by atoms with Crippen LogP contribution in [0.15, 0.2) is 0 Å². The Bertz CT molecular complexity index is 138. The van der Waals surface area contributed by atoms with Gasteiger partial charge in [-0.3, -0.25) is 4.90 Å². The molecule has 0 atom stereocenters. The first-order chi connectivity index (χ1) is 5.35. The summed E-state index contributed by atoms with van der Waals surface area (Å²) in [6.07, 6.45) is 5.90. The van der Waals surface area contributed by atoms with E-state index in [1.165, 1.54) is 38.8 Å². The van der Waals surface area contributed by atoms with Crippen LogP contribution in [0.1, 0.15) is 25.7 Å². The van der Waals surface area contributed by atoms with Gasteiger partial charge in [-0.15, -0.1) is 0 Å². The second kappa shape index (κ2) is 2.76. The topological polar surface area (TPSA) is 15.3 Å². The summed E-state index contributed by atoms with van der Waals surface area (Å²) in [5.41, 5.74) is 0.787. The van der Waals surface area contributed by atoms with E-state index in [0.717, 1.165) is 12.1 Å². The molecule has 0 unspecified atom stereocenters. The maximum atomic E-state index is 3.23. The average Bonchev–Trinajstić information content (AvgIpc) is 2.70. The normalized spacial score (nSPS) is 29.2. The Labute approximate surface area is 69.0 Å². The van der Waals surface area contributed by atoms with Crippen molar-refractivity contribution in [3.05, 3.63) is 0 Å². The molecule has 0 aromatic heterocycles. The second-order valence-corrected chi connectivity index (χ2v) is 4.17. The first kappa shape index (κ1) is 7.56. The third-order valence-electron chi connectivity index (χ3n) is 3.08. The van der Waals surface area contributed by atoms with Crippen molar-refractivity contribution in [3.8, 4) is 0 Å². The van der Waals surface area contributed by atoms with Gasteiger partial charge in [0.1, 0.15) is 0 Å². The van der Waals surface area contributed by atoms with E-state index >= 15 is 0 Å². The zero-order valence-electron chi connectivity index (χ0n) is 7.40. The van der Waals surface area contributed by atoms with Crippen molar-refractivity contribution < 1.29 is 0 Å². The summed E-state index contributed by atoms with van der Waals surface area (Å²) in [6, 6.07) is 0. The van der Waals surface area contributed by atoms with Crippen molar-refractivity contribution in [3.63, 3.8) is 0 Å². The van der Waals surface area contributed by atoms with Gasteiger partial charge in [0.05, 0.1) is 0 Å². The van der Waals surface area contributed by atoms with Crippen molar-refractivity contribution in [2.45, 2.75) is 25.7 Å². The van der Waals surface area contributed by atoms with Crippen LogP contribution in [0.5, 0.6) is 0 Å². The summed E-state index contributed by atoms with van der Waals surface area (Å²) in [6.45, 7) is 3.75. The van der Waals surface area contributed by atoms with Gasteiger partial charge in [0, 0.05) is 13.2 Å². The van der Waals surface area contributed by atoms with Crippen molar-refractivity contribution in [2.75, 3.05) is 26.8 Å². The molecule has 2 heteroatoms. The molecule has 2 aliphatic rings. The summed E-state index contributed by atoms with van der Waals surface area (Å²) < 4.78 is 0. The summed E-state index contributed by atoms with van der Waals surface area (Å²) in [5, 5.41) is 3.23. The molecular weight excluding hydrogens is 136 g/mol. The Morgan fingerprint density at radius 3 is 2.82 bits per heavy atom. The first-order valence-electron chi connectivity index (χ1n) is 4.72. The number of nitrogens with one attached hydrogen (secondary N) is 1. The molecule has 2 fully saturated rings. The standard InChI is InChI=1S/C9H18N2/c1-10-8-11-6-2-3-9(7-11)4-5-9/h10H,2-8H2,1H3. The number of hydrogen-bond donors (Lipinski definition) is 1. The lowest BCUT2D eigenvalue weighted by atomic mass is 9.95. The lowest BCUT2D eigenvalue weighted by Crippen LogP contribution is -2.41. The summed E-state index contributed by atoms with van der Waals surface area (Å²) in [7, 11) is 2.04. The Morgan fingerprint density at radius 1 is 1.36 bits per heavy atom. The molecule has 0 aromatic carbocycles. The molecule has 64 valence electrons. The largest absolute Gasteiger partial charge is 0.307 e. The number of piperidine rings is 1. The van der Waals surface area contributed by atoms with Crippen LogP contribution < -0.4 is 5.32 Å². The predicted molar refractivity (Wildman–Crippen MR) is 46.4 cm³/mol. The molecule has 1 spiro atoms. The van der Waals surface area contributed by atoms with Crippen LogP contribution in [0, 0.1) is 5.41 Å². The highest BCUT2D eigenvalue weighted by atomic mass is 15.2. The average molecular weight is 154 g/mol. The smallest absolute Gasteiger partial charge is 0.0478 e. The molecule has 0 bridgehead atoms. The van der Waals surface area contributed by atoms with Crippen LogP contribution in [-0.4, -0.2) is 31.7 Å². The highest BCUT2D eigenvalue weighted by Crippen LogP contribution is 2.51. The van der Waals surface area contributed by atoms with E-state index in [2.05, 4.69) is 10.2 Å². The van der Waals surface area contributed by atoms with E-state index in [1.807, 2.05) is 7.05 Å². The SMILES string of the molecule is CNCN1CCCC2(CC2)C1. The van der Waals surface area contributed by atoms with Crippen LogP contribution in [0.3, 0.4) is 0 Å². The van der Waals surface area contributed by atoms with Gasteiger partial charge >= 0.3 is 0 Å². The minimum absolute atomic E-state index is 0.787. The fourth-order valence-corrected chi connectivity index (χ4v) is 2.25. The van der Waals surface area contributed by atoms with E-state index in [9.17, 15) is 0 Å². The summed E-state index contributed by atoms with van der Waals surface area (Å²) in [4.78, 5) is 2.55. The Balaban J connectivity index is 1.83. The van der Waals surface area contributed by atoms with Gasteiger partial charge < -0.3 is 5.32 Å². The predicted octanol–water partition coefficient (Wildman–Crippen LogP) is 1.04. The van der Waals surface area contributed by atoms with Crippen molar-refractivity contribution in [1.82, 2.24) is 10.2 Å². The number of hydrogen-bond acceptors (Lipinski definition) is 2. The van der Waals surface area contributed by atoms with E-state index in [4.69, 9.17) is 0 Å². The molecule has 2 rings (SSSR count). The Hall–Kier alpha value is -0.0800. The minimum Gasteiger partial charge on any atom is -0.307 e. The Morgan fingerprint density at radius 2 is 2.18 bits per heavy atom. The molecule has 2 nitrogen and oxygen atoms in total. The molecule has 1 aliphatic heterocycles. The van der Waals surface area contributed by atoms with Gasteiger partial charge in [0.2, 0.25) is 0 Å². The maximum absolute atomic E-state index is 3.23. The quantitative estimate of drug-likeness (QED) is 0.639. The van der Waals surface area contributed by atoms with Gasteiger partial charge in [-0.2, -0.15) is 0 Å². The highest BCUT2D eigenvalue weighted by molar-refractivity contribution is 4.97. The second-order valence-electron chi connectivity index (χ2n) is 4.17. The van der Waals surface area contributed by atoms with E-state index in [1.54, 1.807) is 0 Å². The molecule has 1 saturated carbocycles. The third kappa shape index (κ3) is 1.57. The summed E-state index contributed by atoms with van der Waals surface area (Å²) >= 11 is 0. The van der Waals surface area contributed by atoms with Gasteiger partial charge in [-0.1, -0.05) is 0 Å². The molecule has 0 amide bonds. The molecule has 11 heavy (non-hydrogen) atoms. The molecule has 1 N–H and O–H groups in total. The first-order valence-corrected chi connectivity index (χ1v) is 4.72. The van der Waals surface area contributed by atoms with Crippen LogP contribution in [0.25, 0.3) is 0 Å². The lowest BCUT2D eigenvalue weighted by Gasteiger charge is -2.32. The van der Waals surface area contributed by atoms with Crippen LogP contribution in [0.2, 0.25) is 0 Å². The zero-order chi connectivity index (χ0) is 7.73. The molecule has 1 saturated heterocycles. The minimum atomic E-state index is 0.787. The molecular formula is C9H18N2. The number of rotatable bonds is 2. The molecule has 0 radical (unpaired) electrons. The highest BCUT2D eigenvalue weighted by Gasteiger charge is 2.44. The van der Waals surface area contributed by atoms with Crippen LogP contribution in [-0.2, 0) is 0 Å². The van der Waals surface area contributed by atoms with Crippen molar-refractivity contribution in [2.24, 2.45) is 5.41 Å². The molecule has 1 aliphatic carbocycles. The maximum Gasteiger partial charge on any atom is 0.0478 e. The lowest BCUT2D eigenvalue weighted by molar-refractivity contribution is 0.154. The van der Waals surface area contributed by atoms with Gasteiger partial charge in [0.25, 0.3) is 0 Å². The van der Waals surface area contributed by atoms with Crippen LogP contribution in [0.4, 0.5) is 0 Å². The number of nitrogens with zero attached hydrogens (tertiary/aromatic N) is 1. The van der Waals surface area contributed by atoms with Crippen molar-refractivity contribution in [1.29, 1.82) is 0 Å². The van der Waals surface area contributed by atoms with Crippen molar-refractivity contribution >= 4 is 0 Å².